The summed E-state index contributed by atoms with van der Waals surface area (Å²) in [6, 6.07) is 4.41. The lowest BCUT2D eigenvalue weighted by Crippen LogP contribution is -2.30. The number of ether oxygens (including phenoxy) is 1. The maximum absolute atomic E-state index is 11.7. The van der Waals surface area contributed by atoms with E-state index in [1.807, 2.05) is 6.92 Å². The van der Waals surface area contributed by atoms with Gasteiger partial charge in [0, 0.05) is 25.4 Å². The van der Waals surface area contributed by atoms with Crippen molar-refractivity contribution in [1.29, 1.82) is 0 Å². The lowest BCUT2D eigenvalue weighted by atomic mass is 10.1. The zero-order chi connectivity index (χ0) is 15.0. The fourth-order valence-corrected chi connectivity index (χ4v) is 1.69. The van der Waals surface area contributed by atoms with Crippen molar-refractivity contribution in [3.63, 3.8) is 0 Å². The number of carboxylic acids is 1. The fraction of sp³-hybridized carbons (Fsp3) is 0.429. The number of urea groups is 1. The molecule has 0 fully saturated rings. The van der Waals surface area contributed by atoms with Crippen LogP contribution < -0.4 is 10.6 Å². The van der Waals surface area contributed by atoms with E-state index in [4.69, 9.17) is 9.84 Å². The first-order valence-electron chi connectivity index (χ1n) is 6.51. The Hall–Kier alpha value is -2.08. The van der Waals surface area contributed by atoms with Crippen LogP contribution >= 0.6 is 0 Å². The topological polar surface area (TPSA) is 87.7 Å². The summed E-state index contributed by atoms with van der Waals surface area (Å²) >= 11 is 0. The number of carbonyl (C=O) groups excluding carboxylic acids is 1. The van der Waals surface area contributed by atoms with Gasteiger partial charge in [0.25, 0.3) is 0 Å². The third kappa shape index (κ3) is 4.89. The molecule has 20 heavy (non-hydrogen) atoms. The van der Waals surface area contributed by atoms with Crippen LogP contribution in [0.25, 0.3) is 0 Å². The Morgan fingerprint density at radius 2 is 2.10 bits per heavy atom. The van der Waals surface area contributed by atoms with E-state index in [9.17, 15) is 9.59 Å². The van der Waals surface area contributed by atoms with E-state index >= 15 is 0 Å². The highest BCUT2D eigenvalue weighted by molar-refractivity contribution is 5.95. The number of hydrogen-bond acceptors (Lipinski definition) is 3. The molecule has 1 aromatic carbocycles. The molecule has 6 heteroatoms. The summed E-state index contributed by atoms with van der Waals surface area (Å²) in [6.45, 7) is 5.34. The van der Waals surface area contributed by atoms with Gasteiger partial charge < -0.3 is 20.5 Å². The molecule has 0 aliphatic rings. The second-order valence-electron chi connectivity index (χ2n) is 4.21. The molecule has 2 amide bonds. The summed E-state index contributed by atoms with van der Waals surface area (Å²) in [5.41, 5.74) is 1.20. The first-order chi connectivity index (χ1) is 9.56. The molecule has 1 aromatic rings. The van der Waals surface area contributed by atoms with Gasteiger partial charge in [0.1, 0.15) is 0 Å². The van der Waals surface area contributed by atoms with Crippen LogP contribution in [-0.2, 0) is 4.74 Å². The van der Waals surface area contributed by atoms with E-state index in [1.165, 1.54) is 6.07 Å². The summed E-state index contributed by atoms with van der Waals surface area (Å²) in [6.07, 6.45) is 0.732. The largest absolute Gasteiger partial charge is 0.478 e. The fourth-order valence-electron chi connectivity index (χ4n) is 1.69. The number of carboxylic acid groups (broad SMARTS) is 1. The molecular formula is C14H20N2O4. The Morgan fingerprint density at radius 1 is 1.35 bits per heavy atom. The maximum Gasteiger partial charge on any atom is 0.336 e. The number of carbonyl (C=O) groups is 2. The Bertz CT molecular complexity index is 474. The summed E-state index contributed by atoms with van der Waals surface area (Å²) in [5, 5.41) is 14.3. The van der Waals surface area contributed by atoms with Crippen LogP contribution in [0.15, 0.2) is 18.2 Å². The summed E-state index contributed by atoms with van der Waals surface area (Å²) in [4.78, 5) is 22.7. The summed E-state index contributed by atoms with van der Waals surface area (Å²) in [7, 11) is 0. The minimum atomic E-state index is -1.01. The van der Waals surface area contributed by atoms with E-state index in [1.54, 1.807) is 19.1 Å². The van der Waals surface area contributed by atoms with E-state index < -0.39 is 5.97 Å². The Morgan fingerprint density at radius 3 is 2.75 bits per heavy atom. The molecule has 0 saturated carbocycles. The monoisotopic (exact) mass is 280 g/mol. The van der Waals surface area contributed by atoms with Crippen molar-refractivity contribution in [3.8, 4) is 0 Å². The number of amides is 2. The normalized spacial score (nSPS) is 10.1. The quantitative estimate of drug-likeness (QED) is 0.668. The number of aromatic carboxylic acids is 1. The number of benzene rings is 1. The molecule has 0 atom stereocenters. The number of hydrogen-bond donors (Lipinski definition) is 3. The molecule has 0 aliphatic carbocycles. The van der Waals surface area contributed by atoms with Crippen LogP contribution in [0.4, 0.5) is 10.5 Å². The lowest BCUT2D eigenvalue weighted by molar-refractivity contribution is 0.0696. The van der Waals surface area contributed by atoms with Crippen LogP contribution in [0.1, 0.15) is 29.3 Å². The molecule has 0 heterocycles. The molecular weight excluding hydrogens is 260 g/mol. The van der Waals surface area contributed by atoms with Crippen molar-refractivity contribution in [2.24, 2.45) is 0 Å². The van der Waals surface area contributed by atoms with Crippen molar-refractivity contribution in [3.05, 3.63) is 29.3 Å². The third-order valence-electron chi connectivity index (χ3n) is 2.77. The first-order valence-corrected chi connectivity index (χ1v) is 6.51. The molecule has 0 spiro atoms. The SMILES string of the molecule is CCOCCCNC(=O)Nc1cccc(C(=O)O)c1C. The van der Waals surface area contributed by atoms with Crippen LogP contribution in [0.5, 0.6) is 0 Å². The smallest absolute Gasteiger partial charge is 0.336 e. The number of anilines is 1. The molecule has 0 aliphatic heterocycles. The highest BCUT2D eigenvalue weighted by atomic mass is 16.5. The highest BCUT2D eigenvalue weighted by Gasteiger charge is 2.11. The number of rotatable bonds is 7. The van der Waals surface area contributed by atoms with Gasteiger partial charge >= 0.3 is 12.0 Å². The highest BCUT2D eigenvalue weighted by Crippen LogP contribution is 2.18. The average Bonchev–Trinajstić information content (AvgIpc) is 2.40. The zero-order valence-corrected chi connectivity index (χ0v) is 11.7. The Labute approximate surface area is 118 Å². The molecule has 0 bridgehead atoms. The molecule has 0 aromatic heterocycles. The lowest BCUT2D eigenvalue weighted by Gasteiger charge is -2.11. The second-order valence-corrected chi connectivity index (χ2v) is 4.21. The predicted molar refractivity (Wildman–Crippen MR) is 76.3 cm³/mol. The van der Waals surface area contributed by atoms with Crippen molar-refractivity contribution in [2.45, 2.75) is 20.3 Å². The summed E-state index contributed by atoms with van der Waals surface area (Å²) < 4.78 is 5.16. The predicted octanol–water partition coefficient (Wildman–Crippen LogP) is 2.24. The van der Waals surface area contributed by atoms with Gasteiger partial charge in [-0.15, -0.1) is 0 Å². The van der Waals surface area contributed by atoms with Crippen LogP contribution in [0.2, 0.25) is 0 Å². The average molecular weight is 280 g/mol. The minimum Gasteiger partial charge on any atom is -0.478 e. The molecule has 0 radical (unpaired) electrons. The van der Waals surface area contributed by atoms with E-state index in [0.29, 0.717) is 31.0 Å². The van der Waals surface area contributed by atoms with E-state index in [2.05, 4.69) is 10.6 Å². The summed E-state index contributed by atoms with van der Waals surface area (Å²) in [5.74, 6) is -1.01. The van der Waals surface area contributed by atoms with E-state index in [0.717, 1.165) is 6.42 Å². The van der Waals surface area contributed by atoms with Crippen LogP contribution in [0, 0.1) is 6.92 Å². The molecule has 0 saturated heterocycles. The Balaban J connectivity index is 2.50. The van der Waals surface area contributed by atoms with E-state index in [-0.39, 0.29) is 11.6 Å². The van der Waals surface area contributed by atoms with Gasteiger partial charge in [-0.3, -0.25) is 0 Å². The number of nitrogens with one attached hydrogen (secondary N) is 2. The van der Waals surface area contributed by atoms with Crippen molar-refractivity contribution in [2.75, 3.05) is 25.1 Å². The van der Waals surface area contributed by atoms with Gasteiger partial charge in [0.05, 0.1) is 5.56 Å². The maximum atomic E-state index is 11.7. The van der Waals surface area contributed by atoms with Gasteiger partial charge in [-0.25, -0.2) is 9.59 Å². The molecule has 6 nitrogen and oxygen atoms in total. The molecule has 0 unspecified atom stereocenters. The first kappa shape index (κ1) is 16.0. The zero-order valence-electron chi connectivity index (χ0n) is 11.7. The van der Waals surface area contributed by atoms with Gasteiger partial charge in [-0.1, -0.05) is 6.07 Å². The second kappa shape index (κ2) is 8.16. The third-order valence-corrected chi connectivity index (χ3v) is 2.77. The van der Waals surface area contributed by atoms with Crippen molar-refractivity contribution >= 4 is 17.7 Å². The minimum absolute atomic E-state index is 0.180. The van der Waals surface area contributed by atoms with Crippen molar-refractivity contribution < 1.29 is 19.4 Å². The van der Waals surface area contributed by atoms with Crippen molar-refractivity contribution in [1.82, 2.24) is 5.32 Å². The molecule has 3 N–H and O–H groups in total. The van der Waals surface area contributed by atoms with Crippen LogP contribution in [0.3, 0.4) is 0 Å². The Kier molecular flexibility index (Phi) is 6.52. The van der Waals surface area contributed by atoms with Crippen LogP contribution in [-0.4, -0.2) is 36.9 Å². The van der Waals surface area contributed by atoms with Gasteiger partial charge in [0.2, 0.25) is 0 Å². The van der Waals surface area contributed by atoms with Gasteiger partial charge in [0.15, 0.2) is 0 Å². The van der Waals surface area contributed by atoms with Gasteiger partial charge in [-0.2, -0.15) is 0 Å². The molecule has 110 valence electrons. The standard InChI is InChI=1S/C14H20N2O4/c1-3-20-9-5-8-15-14(19)16-12-7-4-6-11(10(12)2)13(17)18/h4,6-7H,3,5,8-9H2,1-2H3,(H,17,18)(H2,15,16,19). The van der Waals surface area contributed by atoms with Gasteiger partial charge in [-0.05, 0) is 38.0 Å². The molecule has 1 rings (SSSR count).